The highest BCUT2D eigenvalue weighted by Crippen LogP contribution is 1.85. The summed E-state index contributed by atoms with van der Waals surface area (Å²) >= 11 is 4.69. The molecule has 0 saturated heterocycles. The van der Waals surface area contributed by atoms with Gasteiger partial charge >= 0.3 is 5.97 Å². The Morgan fingerprint density at radius 1 is 1.88 bits per heavy atom. The molecular formula is C5H7ClO2. The van der Waals surface area contributed by atoms with Crippen molar-refractivity contribution in [2.75, 3.05) is 0 Å². The smallest absolute Gasteiger partial charge is 0.344 e. The highest BCUT2D eigenvalue weighted by Gasteiger charge is 1.88. The van der Waals surface area contributed by atoms with Crippen LogP contribution in [0.25, 0.3) is 0 Å². The highest BCUT2D eigenvalue weighted by molar-refractivity contribution is 6.14. The van der Waals surface area contributed by atoms with Gasteiger partial charge in [0, 0.05) is 6.08 Å². The average Bonchev–Trinajstić information content (AvgIpc) is 1.83. The van der Waals surface area contributed by atoms with Crippen molar-refractivity contribution in [1.82, 2.24) is 0 Å². The summed E-state index contributed by atoms with van der Waals surface area (Å²) in [5, 5.41) is 0. The Morgan fingerprint density at radius 3 is 2.88 bits per heavy atom. The zero-order valence-corrected chi connectivity index (χ0v) is 5.31. The molecule has 0 heterocycles. The van der Waals surface area contributed by atoms with Crippen molar-refractivity contribution in [2.45, 2.75) is 13.3 Å². The van der Waals surface area contributed by atoms with Crippen LogP contribution in [0.5, 0.6) is 0 Å². The predicted molar refractivity (Wildman–Crippen MR) is 31.4 cm³/mol. The lowest BCUT2D eigenvalue weighted by atomic mass is 10.4. The van der Waals surface area contributed by atoms with Crippen LogP contribution in [0, 0.1) is 0 Å². The van der Waals surface area contributed by atoms with E-state index in [1.165, 1.54) is 6.08 Å². The molecule has 0 bridgehead atoms. The molecule has 3 heteroatoms. The second-order valence-electron chi connectivity index (χ2n) is 1.21. The molecule has 46 valence electrons. The molecule has 0 aliphatic rings. The first kappa shape index (κ1) is 7.50. The lowest BCUT2D eigenvalue weighted by molar-refractivity contribution is -0.128. The zero-order valence-electron chi connectivity index (χ0n) is 4.56. The summed E-state index contributed by atoms with van der Waals surface area (Å²) < 4.78 is 3.80. The van der Waals surface area contributed by atoms with Crippen LogP contribution in [-0.2, 0) is 9.08 Å². The fourth-order valence-electron chi connectivity index (χ4n) is 0.240. The molecule has 8 heavy (non-hydrogen) atoms. The van der Waals surface area contributed by atoms with Gasteiger partial charge in [0.05, 0.1) is 0 Å². The summed E-state index contributed by atoms with van der Waals surface area (Å²) in [4.78, 5) is 10.1. The predicted octanol–water partition coefficient (Wildman–Crippen LogP) is 1.65. The number of hydrogen-bond donors (Lipinski definition) is 0. The van der Waals surface area contributed by atoms with Gasteiger partial charge in [0.25, 0.3) is 0 Å². The van der Waals surface area contributed by atoms with Crippen LogP contribution in [0.4, 0.5) is 0 Å². The molecule has 0 atom stereocenters. The SMILES string of the molecule is CC/C=C/C(=O)OCl. The molecular weight excluding hydrogens is 128 g/mol. The van der Waals surface area contributed by atoms with E-state index in [1.807, 2.05) is 6.92 Å². The van der Waals surface area contributed by atoms with E-state index in [-0.39, 0.29) is 0 Å². The molecule has 0 fully saturated rings. The molecule has 0 aromatic heterocycles. The number of rotatable bonds is 2. The Labute approximate surface area is 53.3 Å². The number of carbonyl (C=O) groups is 1. The monoisotopic (exact) mass is 134 g/mol. The van der Waals surface area contributed by atoms with E-state index in [2.05, 4.69) is 16.2 Å². The Bertz CT molecular complexity index is 98.6. The van der Waals surface area contributed by atoms with Gasteiger partial charge in [-0.2, -0.15) is 0 Å². The third-order valence-electron chi connectivity index (χ3n) is 0.566. The Hall–Kier alpha value is -0.500. The van der Waals surface area contributed by atoms with Gasteiger partial charge in [-0.3, -0.25) is 0 Å². The number of allylic oxidation sites excluding steroid dienone is 1. The van der Waals surface area contributed by atoms with Crippen LogP contribution in [0.2, 0.25) is 0 Å². The van der Waals surface area contributed by atoms with Crippen molar-refractivity contribution in [3.8, 4) is 0 Å². The van der Waals surface area contributed by atoms with E-state index in [4.69, 9.17) is 0 Å². The molecule has 0 unspecified atom stereocenters. The molecule has 2 nitrogen and oxygen atoms in total. The number of carbonyl (C=O) groups excluding carboxylic acids is 1. The van der Waals surface area contributed by atoms with E-state index in [0.29, 0.717) is 0 Å². The minimum atomic E-state index is -0.520. The van der Waals surface area contributed by atoms with Gasteiger partial charge in [0.15, 0.2) is 0 Å². The van der Waals surface area contributed by atoms with Crippen molar-refractivity contribution in [3.05, 3.63) is 12.2 Å². The highest BCUT2D eigenvalue weighted by atomic mass is 35.5. The summed E-state index contributed by atoms with van der Waals surface area (Å²) in [5.74, 6) is -0.520. The van der Waals surface area contributed by atoms with Crippen LogP contribution in [0.15, 0.2) is 12.2 Å². The molecule has 0 aliphatic heterocycles. The van der Waals surface area contributed by atoms with Crippen LogP contribution in [0.1, 0.15) is 13.3 Å². The maximum Gasteiger partial charge on any atom is 0.348 e. The molecule has 0 aliphatic carbocycles. The third-order valence-corrected chi connectivity index (χ3v) is 0.718. The molecule has 0 rings (SSSR count). The van der Waals surface area contributed by atoms with Gasteiger partial charge in [-0.15, -0.1) is 0 Å². The van der Waals surface area contributed by atoms with Gasteiger partial charge in [-0.1, -0.05) is 13.0 Å². The molecule has 0 aromatic rings. The summed E-state index contributed by atoms with van der Waals surface area (Å²) in [5.41, 5.74) is 0. The summed E-state index contributed by atoms with van der Waals surface area (Å²) in [6.07, 6.45) is 3.77. The summed E-state index contributed by atoms with van der Waals surface area (Å²) in [6.45, 7) is 1.91. The van der Waals surface area contributed by atoms with Crippen molar-refractivity contribution >= 4 is 17.8 Å². The van der Waals surface area contributed by atoms with Gasteiger partial charge in [0.2, 0.25) is 0 Å². The lowest BCUT2D eigenvalue weighted by Crippen LogP contribution is -1.87. The fraction of sp³-hybridized carbons (Fsp3) is 0.400. The van der Waals surface area contributed by atoms with Gasteiger partial charge in [-0.25, -0.2) is 4.79 Å². The quantitative estimate of drug-likeness (QED) is 0.537. The van der Waals surface area contributed by atoms with Crippen LogP contribution >= 0.6 is 11.9 Å². The molecule has 0 spiro atoms. The Kier molecular flexibility index (Phi) is 4.36. The zero-order chi connectivity index (χ0) is 6.41. The topological polar surface area (TPSA) is 26.3 Å². The second-order valence-corrected chi connectivity index (χ2v) is 1.36. The summed E-state index contributed by atoms with van der Waals surface area (Å²) in [6, 6.07) is 0. The van der Waals surface area contributed by atoms with Crippen LogP contribution < -0.4 is 0 Å². The van der Waals surface area contributed by atoms with Crippen molar-refractivity contribution in [3.63, 3.8) is 0 Å². The Morgan fingerprint density at radius 2 is 2.50 bits per heavy atom. The van der Waals surface area contributed by atoms with E-state index in [1.54, 1.807) is 6.08 Å². The number of hydrogen-bond acceptors (Lipinski definition) is 2. The largest absolute Gasteiger partial charge is 0.348 e. The van der Waals surface area contributed by atoms with Crippen LogP contribution in [-0.4, -0.2) is 5.97 Å². The lowest BCUT2D eigenvalue weighted by Gasteiger charge is -1.81. The minimum absolute atomic E-state index is 0.520. The maximum absolute atomic E-state index is 10.1. The maximum atomic E-state index is 10.1. The van der Waals surface area contributed by atoms with Gasteiger partial charge in [0.1, 0.15) is 11.9 Å². The van der Waals surface area contributed by atoms with Crippen LogP contribution in [0.3, 0.4) is 0 Å². The first-order valence-corrected chi connectivity index (χ1v) is 2.61. The molecule has 0 N–H and O–H groups in total. The van der Waals surface area contributed by atoms with E-state index in [0.717, 1.165) is 6.42 Å². The van der Waals surface area contributed by atoms with Crippen molar-refractivity contribution < 1.29 is 9.08 Å². The van der Waals surface area contributed by atoms with Crippen molar-refractivity contribution in [2.24, 2.45) is 0 Å². The first-order chi connectivity index (χ1) is 3.81. The van der Waals surface area contributed by atoms with E-state index >= 15 is 0 Å². The molecule has 0 saturated carbocycles. The molecule has 0 amide bonds. The average molecular weight is 135 g/mol. The van der Waals surface area contributed by atoms with Crippen molar-refractivity contribution in [1.29, 1.82) is 0 Å². The third kappa shape index (κ3) is 3.68. The van der Waals surface area contributed by atoms with Gasteiger partial charge < -0.3 is 4.29 Å². The molecule has 0 radical (unpaired) electrons. The fourth-order valence-corrected chi connectivity index (χ4v) is 0.291. The molecule has 0 aromatic carbocycles. The summed E-state index contributed by atoms with van der Waals surface area (Å²) in [7, 11) is 0. The van der Waals surface area contributed by atoms with Gasteiger partial charge in [-0.05, 0) is 6.42 Å². The second kappa shape index (κ2) is 4.65. The Balaban J connectivity index is 3.37. The standard InChI is InChI=1S/C5H7ClO2/c1-2-3-4-5(7)8-6/h3-4H,2H2,1H3/b4-3+. The number of halogens is 1. The first-order valence-electron chi connectivity index (χ1n) is 2.30. The minimum Gasteiger partial charge on any atom is -0.344 e. The normalized spacial score (nSPS) is 9.75. The van der Waals surface area contributed by atoms with E-state index in [9.17, 15) is 4.79 Å². The van der Waals surface area contributed by atoms with E-state index < -0.39 is 5.97 Å².